The molecule has 0 aliphatic carbocycles. The molecule has 6 heteroatoms. The molecule has 27 heavy (non-hydrogen) atoms. The molecule has 0 unspecified atom stereocenters. The van der Waals surface area contributed by atoms with Gasteiger partial charge in [-0.05, 0) is 67.3 Å². The Morgan fingerprint density at radius 2 is 2.04 bits per heavy atom. The lowest BCUT2D eigenvalue weighted by molar-refractivity contribution is -0.136. The van der Waals surface area contributed by atoms with E-state index < -0.39 is 5.97 Å². The minimum atomic E-state index is -0.841. The molecule has 4 N–H and O–H groups in total. The Morgan fingerprint density at radius 3 is 2.74 bits per heavy atom. The first kappa shape index (κ1) is 19.3. The second kappa shape index (κ2) is 8.46. The number of hydrogen-bond donors (Lipinski definition) is 3. The smallest absolute Gasteiger partial charge is 0.307 e. The maximum atomic E-state index is 11.1. The number of rotatable bonds is 8. The number of halogens is 1. The number of fused-ring (bicyclic) bond motifs is 1. The number of unbranched alkanes of at least 4 members (excludes halogenated alkanes) is 1. The molecule has 0 spiro atoms. The van der Waals surface area contributed by atoms with Crippen LogP contribution in [-0.4, -0.2) is 29.7 Å². The van der Waals surface area contributed by atoms with Crippen LogP contribution < -0.4 is 10.5 Å². The van der Waals surface area contributed by atoms with Crippen LogP contribution in [0.25, 0.3) is 22.2 Å². The van der Waals surface area contributed by atoms with Gasteiger partial charge in [-0.15, -0.1) is 0 Å². The van der Waals surface area contributed by atoms with Gasteiger partial charge in [0.05, 0.1) is 19.2 Å². The monoisotopic (exact) mass is 386 g/mol. The number of nitrogens with one attached hydrogen (secondary N) is 1. The van der Waals surface area contributed by atoms with Crippen LogP contribution in [0.5, 0.6) is 5.75 Å². The third-order valence-electron chi connectivity index (χ3n) is 4.64. The molecular formula is C21H23ClN2O3. The summed E-state index contributed by atoms with van der Waals surface area (Å²) in [5.41, 5.74) is 10.4. The molecule has 0 aliphatic rings. The summed E-state index contributed by atoms with van der Waals surface area (Å²) in [5.74, 6) is -0.108. The van der Waals surface area contributed by atoms with Crippen molar-refractivity contribution in [3.8, 4) is 17.0 Å². The molecule has 0 radical (unpaired) electrons. The van der Waals surface area contributed by atoms with Gasteiger partial charge in [0, 0.05) is 21.5 Å². The Morgan fingerprint density at radius 1 is 1.22 bits per heavy atom. The number of carboxylic acids is 1. The van der Waals surface area contributed by atoms with Crippen LogP contribution >= 0.6 is 11.6 Å². The highest BCUT2D eigenvalue weighted by Crippen LogP contribution is 2.38. The van der Waals surface area contributed by atoms with E-state index >= 15 is 0 Å². The van der Waals surface area contributed by atoms with Crippen LogP contribution in [0.2, 0.25) is 5.02 Å². The molecule has 1 aromatic heterocycles. The Balaban J connectivity index is 2.17. The fraction of sp³-hybridized carbons (Fsp3) is 0.286. The summed E-state index contributed by atoms with van der Waals surface area (Å²) in [7, 11) is 1.63. The van der Waals surface area contributed by atoms with Crippen molar-refractivity contribution in [3.05, 3.63) is 52.5 Å². The molecule has 0 saturated carbocycles. The number of aliphatic carboxylic acids is 1. The minimum absolute atomic E-state index is 0.000814. The van der Waals surface area contributed by atoms with Gasteiger partial charge in [0.15, 0.2) is 0 Å². The molecule has 0 fully saturated rings. The van der Waals surface area contributed by atoms with Crippen LogP contribution in [-0.2, 0) is 17.6 Å². The minimum Gasteiger partial charge on any atom is -0.496 e. The van der Waals surface area contributed by atoms with E-state index in [1.807, 2.05) is 30.3 Å². The van der Waals surface area contributed by atoms with Gasteiger partial charge in [0.2, 0.25) is 0 Å². The lowest BCUT2D eigenvalue weighted by atomic mass is 9.98. The standard InChI is InChI=1S/C21H23ClN2O3/c1-27-19-8-6-14(22)12-17(19)21-15(4-2-3-9-23)16-10-13(11-20(25)26)5-7-18(16)24-21/h5-8,10,12,24H,2-4,9,11,23H2,1H3,(H,25,26). The van der Waals surface area contributed by atoms with E-state index in [1.54, 1.807) is 13.2 Å². The summed E-state index contributed by atoms with van der Waals surface area (Å²) in [4.78, 5) is 14.6. The number of H-pyrrole nitrogens is 1. The number of carbonyl (C=O) groups is 1. The molecule has 0 saturated heterocycles. The first-order valence-corrected chi connectivity index (χ1v) is 9.30. The van der Waals surface area contributed by atoms with Crippen LogP contribution in [0.3, 0.4) is 0 Å². The number of aryl methyl sites for hydroxylation is 1. The van der Waals surface area contributed by atoms with Crippen molar-refractivity contribution >= 4 is 28.5 Å². The summed E-state index contributed by atoms with van der Waals surface area (Å²) >= 11 is 6.23. The van der Waals surface area contributed by atoms with Crippen molar-refractivity contribution in [2.24, 2.45) is 5.73 Å². The lowest BCUT2D eigenvalue weighted by Gasteiger charge is -2.10. The van der Waals surface area contributed by atoms with E-state index in [2.05, 4.69) is 4.98 Å². The first-order chi connectivity index (χ1) is 13.0. The molecule has 3 rings (SSSR count). The van der Waals surface area contributed by atoms with Crippen molar-refractivity contribution in [2.45, 2.75) is 25.7 Å². The highest BCUT2D eigenvalue weighted by atomic mass is 35.5. The number of methoxy groups -OCH3 is 1. The van der Waals surface area contributed by atoms with Crippen LogP contribution in [0, 0.1) is 0 Å². The second-order valence-electron chi connectivity index (χ2n) is 6.52. The summed E-state index contributed by atoms with van der Waals surface area (Å²) in [6, 6.07) is 11.3. The lowest BCUT2D eigenvalue weighted by Crippen LogP contribution is -2.00. The molecule has 0 aliphatic heterocycles. The quantitative estimate of drug-likeness (QED) is 0.500. The number of aromatic amines is 1. The largest absolute Gasteiger partial charge is 0.496 e. The summed E-state index contributed by atoms with van der Waals surface area (Å²) in [6.07, 6.45) is 2.70. The molecule has 1 heterocycles. The van der Waals surface area contributed by atoms with Crippen molar-refractivity contribution in [3.63, 3.8) is 0 Å². The highest BCUT2D eigenvalue weighted by molar-refractivity contribution is 6.31. The van der Waals surface area contributed by atoms with Gasteiger partial charge >= 0.3 is 5.97 Å². The van der Waals surface area contributed by atoms with E-state index in [0.29, 0.717) is 11.6 Å². The maximum Gasteiger partial charge on any atom is 0.307 e. The topological polar surface area (TPSA) is 88.3 Å². The first-order valence-electron chi connectivity index (χ1n) is 8.92. The van der Waals surface area contributed by atoms with Crippen LogP contribution in [0.15, 0.2) is 36.4 Å². The van der Waals surface area contributed by atoms with Gasteiger partial charge < -0.3 is 20.6 Å². The van der Waals surface area contributed by atoms with E-state index in [0.717, 1.165) is 58.3 Å². The maximum absolute atomic E-state index is 11.1. The van der Waals surface area contributed by atoms with Crippen molar-refractivity contribution in [1.29, 1.82) is 0 Å². The van der Waals surface area contributed by atoms with Crippen molar-refractivity contribution in [1.82, 2.24) is 4.98 Å². The molecule has 3 aromatic rings. The Hall–Kier alpha value is -2.50. The Bertz CT molecular complexity index is 965. The number of nitrogens with two attached hydrogens (primary N) is 1. The summed E-state index contributed by atoms with van der Waals surface area (Å²) < 4.78 is 5.53. The fourth-order valence-electron chi connectivity index (χ4n) is 3.39. The molecule has 2 aromatic carbocycles. The normalized spacial score (nSPS) is 11.1. The molecular weight excluding hydrogens is 364 g/mol. The van der Waals surface area contributed by atoms with E-state index in [4.69, 9.17) is 27.2 Å². The summed E-state index contributed by atoms with van der Waals surface area (Å²) in [5, 5.41) is 10.8. The number of aromatic nitrogens is 1. The molecule has 0 bridgehead atoms. The van der Waals surface area contributed by atoms with Gasteiger partial charge in [0.25, 0.3) is 0 Å². The third kappa shape index (κ3) is 4.26. The highest BCUT2D eigenvalue weighted by Gasteiger charge is 2.17. The SMILES string of the molecule is COc1ccc(Cl)cc1-c1[nH]c2ccc(CC(=O)O)cc2c1CCCCN. The van der Waals surface area contributed by atoms with Crippen molar-refractivity contribution in [2.75, 3.05) is 13.7 Å². The van der Waals surface area contributed by atoms with Crippen molar-refractivity contribution < 1.29 is 14.6 Å². The molecule has 142 valence electrons. The average molecular weight is 387 g/mol. The number of benzene rings is 2. The van der Waals surface area contributed by atoms with E-state index in [-0.39, 0.29) is 6.42 Å². The fourth-order valence-corrected chi connectivity index (χ4v) is 3.56. The van der Waals surface area contributed by atoms with Gasteiger partial charge in [-0.2, -0.15) is 0 Å². The van der Waals surface area contributed by atoms with Gasteiger partial charge in [-0.25, -0.2) is 0 Å². The number of ether oxygens (including phenoxy) is 1. The zero-order valence-electron chi connectivity index (χ0n) is 15.2. The third-order valence-corrected chi connectivity index (χ3v) is 4.87. The predicted octanol–water partition coefficient (Wildman–Crippen LogP) is 4.41. The average Bonchev–Trinajstić information content (AvgIpc) is 2.99. The molecule has 5 nitrogen and oxygen atoms in total. The zero-order valence-corrected chi connectivity index (χ0v) is 16.0. The zero-order chi connectivity index (χ0) is 19.4. The number of carboxylic acid groups (broad SMARTS) is 1. The summed E-state index contributed by atoms with van der Waals surface area (Å²) in [6.45, 7) is 0.641. The second-order valence-corrected chi connectivity index (χ2v) is 6.96. The van der Waals surface area contributed by atoms with Gasteiger partial charge in [-0.3, -0.25) is 4.79 Å². The Labute approximate surface area is 163 Å². The predicted molar refractivity (Wildman–Crippen MR) is 109 cm³/mol. The van der Waals surface area contributed by atoms with E-state index in [9.17, 15) is 4.79 Å². The van der Waals surface area contributed by atoms with Gasteiger partial charge in [0.1, 0.15) is 5.75 Å². The molecule has 0 amide bonds. The Kier molecular flexibility index (Phi) is 6.04. The van der Waals surface area contributed by atoms with E-state index in [1.165, 1.54) is 0 Å². The molecule has 0 atom stereocenters. The van der Waals surface area contributed by atoms with Crippen LogP contribution in [0.1, 0.15) is 24.0 Å². The number of hydrogen-bond acceptors (Lipinski definition) is 3. The van der Waals surface area contributed by atoms with Crippen LogP contribution in [0.4, 0.5) is 0 Å². The van der Waals surface area contributed by atoms with Gasteiger partial charge in [-0.1, -0.05) is 17.7 Å².